The SMILES string of the molecule is O=C(NCC1OCCc2cn(Cc3ccccc3)nc21)c1ccc(Cl)c(F)c1. The summed E-state index contributed by atoms with van der Waals surface area (Å²) < 4.78 is 21.3. The lowest BCUT2D eigenvalue weighted by Crippen LogP contribution is -2.32. The summed E-state index contributed by atoms with van der Waals surface area (Å²) in [6.07, 6.45) is 2.49. The lowest BCUT2D eigenvalue weighted by molar-refractivity contribution is 0.0383. The van der Waals surface area contributed by atoms with Crippen LogP contribution in [0.15, 0.2) is 54.7 Å². The molecule has 0 bridgehead atoms. The molecule has 1 aromatic heterocycles. The summed E-state index contributed by atoms with van der Waals surface area (Å²) in [7, 11) is 0. The van der Waals surface area contributed by atoms with Gasteiger partial charge in [0.25, 0.3) is 5.91 Å². The molecule has 2 heterocycles. The number of carbonyl (C=O) groups is 1. The molecule has 4 rings (SSSR count). The van der Waals surface area contributed by atoms with E-state index in [9.17, 15) is 9.18 Å². The van der Waals surface area contributed by atoms with Crippen LogP contribution in [0.4, 0.5) is 4.39 Å². The lowest BCUT2D eigenvalue weighted by atomic mass is 10.1. The fourth-order valence-corrected chi connectivity index (χ4v) is 3.38. The van der Waals surface area contributed by atoms with Gasteiger partial charge in [-0.25, -0.2) is 4.39 Å². The van der Waals surface area contributed by atoms with E-state index in [4.69, 9.17) is 16.3 Å². The first kappa shape index (κ1) is 18.7. The van der Waals surface area contributed by atoms with Crippen molar-refractivity contribution in [3.63, 3.8) is 0 Å². The Morgan fingerprint density at radius 2 is 2.11 bits per heavy atom. The van der Waals surface area contributed by atoms with E-state index in [1.165, 1.54) is 12.1 Å². The number of rotatable bonds is 5. The number of fused-ring (bicyclic) bond motifs is 1. The van der Waals surface area contributed by atoms with Gasteiger partial charge in [-0.05, 0) is 35.7 Å². The third-order valence-electron chi connectivity index (χ3n) is 4.68. The van der Waals surface area contributed by atoms with E-state index >= 15 is 0 Å². The molecule has 0 radical (unpaired) electrons. The van der Waals surface area contributed by atoms with Gasteiger partial charge in [0.2, 0.25) is 0 Å². The Balaban J connectivity index is 1.44. The zero-order chi connectivity index (χ0) is 19.5. The third kappa shape index (κ3) is 4.08. The largest absolute Gasteiger partial charge is 0.370 e. The van der Waals surface area contributed by atoms with E-state index in [2.05, 4.69) is 22.5 Å². The highest BCUT2D eigenvalue weighted by Crippen LogP contribution is 2.25. The fraction of sp³-hybridized carbons (Fsp3) is 0.238. The molecule has 1 unspecified atom stereocenters. The van der Waals surface area contributed by atoms with Crippen LogP contribution in [0, 0.1) is 5.82 Å². The number of amides is 1. The van der Waals surface area contributed by atoms with Crippen LogP contribution in [0.25, 0.3) is 0 Å². The monoisotopic (exact) mass is 399 g/mol. The minimum Gasteiger partial charge on any atom is -0.370 e. The molecule has 5 nitrogen and oxygen atoms in total. The maximum absolute atomic E-state index is 13.6. The van der Waals surface area contributed by atoms with Crippen LogP contribution in [0.1, 0.15) is 33.3 Å². The van der Waals surface area contributed by atoms with E-state index in [1.54, 1.807) is 0 Å². The maximum Gasteiger partial charge on any atom is 0.251 e. The van der Waals surface area contributed by atoms with Crippen molar-refractivity contribution in [2.45, 2.75) is 19.1 Å². The Bertz CT molecular complexity index is 991. The summed E-state index contributed by atoms with van der Waals surface area (Å²) in [5, 5.41) is 7.45. The number of carbonyl (C=O) groups excluding carboxylic acids is 1. The predicted octanol–water partition coefficient (Wildman–Crippen LogP) is 3.77. The van der Waals surface area contributed by atoms with Crippen molar-refractivity contribution in [3.8, 4) is 0 Å². The van der Waals surface area contributed by atoms with Crippen molar-refractivity contribution in [1.82, 2.24) is 15.1 Å². The highest BCUT2D eigenvalue weighted by atomic mass is 35.5. The Kier molecular flexibility index (Phi) is 5.41. The molecule has 0 saturated carbocycles. The number of hydrogen-bond donors (Lipinski definition) is 1. The smallest absolute Gasteiger partial charge is 0.251 e. The molecule has 0 spiro atoms. The number of halogens is 2. The Labute approximate surface area is 167 Å². The van der Waals surface area contributed by atoms with E-state index < -0.39 is 5.82 Å². The van der Waals surface area contributed by atoms with Crippen LogP contribution < -0.4 is 5.32 Å². The molecule has 1 N–H and O–H groups in total. The van der Waals surface area contributed by atoms with Gasteiger partial charge in [0, 0.05) is 18.3 Å². The van der Waals surface area contributed by atoms with Gasteiger partial charge in [-0.15, -0.1) is 0 Å². The van der Waals surface area contributed by atoms with Gasteiger partial charge >= 0.3 is 0 Å². The molecule has 3 aromatic rings. The molecular weight excluding hydrogens is 381 g/mol. The van der Waals surface area contributed by atoms with Gasteiger partial charge in [-0.3, -0.25) is 9.48 Å². The normalized spacial score (nSPS) is 15.9. The molecule has 0 fully saturated rings. The zero-order valence-electron chi connectivity index (χ0n) is 15.1. The topological polar surface area (TPSA) is 56.1 Å². The molecule has 0 saturated heterocycles. The van der Waals surface area contributed by atoms with Crippen molar-refractivity contribution >= 4 is 17.5 Å². The Morgan fingerprint density at radius 1 is 1.29 bits per heavy atom. The summed E-state index contributed by atoms with van der Waals surface area (Å²) in [5.74, 6) is -1.000. The molecular formula is C21H19ClFN3O2. The van der Waals surface area contributed by atoms with E-state index in [-0.39, 0.29) is 29.1 Å². The Hall–Kier alpha value is -2.70. The fourth-order valence-electron chi connectivity index (χ4n) is 3.26. The van der Waals surface area contributed by atoms with Crippen molar-refractivity contribution in [3.05, 3.63) is 88.0 Å². The van der Waals surface area contributed by atoms with Crippen molar-refractivity contribution in [1.29, 1.82) is 0 Å². The third-order valence-corrected chi connectivity index (χ3v) is 4.99. The predicted molar refractivity (Wildman–Crippen MR) is 104 cm³/mol. The first-order chi connectivity index (χ1) is 13.6. The second-order valence-corrected chi connectivity index (χ2v) is 7.08. The molecule has 7 heteroatoms. The molecule has 1 atom stereocenters. The van der Waals surface area contributed by atoms with E-state index in [0.29, 0.717) is 13.2 Å². The zero-order valence-corrected chi connectivity index (χ0v) is 15.8. The molecule has 2 aromatic carbocycles. The van der Waals surface area contributed by atoms with Gasteiger partial charge in [0.05, 0.1) is 23.9 Å². The number of ether oxygens (including phenoxy) is 1. The maximum atomic E-state index is 13.6. The van der Waals surface area contributed by atoms with Crippen LogP contribution >= 0.6 is 11.6 Å². The van der Waals surface area contributed by atoms with Crippen LogP contribution in [0.3, 0.4) is 0 Å². The van der Waals surface area contributed by atoms with Crippen molar-refractivity contribution in [2.75, 3.05) is 13.2 Å². The van der Waals surface area contributed by atoms with Crippen molar-refractivity contribution < 1.29 is 13.9 Å². The number of nitrogens with zero attached hydrogens (tertiary/aromatic N) is 2. The summed E-state index contributed by atoms with van der Waals surface area (Å²) in [5.41, 5.74) is 3.34. The van der Waals surface area contributed by atoms with Crippen LogP contribution in [0.5, 0.6) is 0 Å². The first-order valence-electron chi connectivity index (χ1n) is 9.05. The molecule has 1 amide bonds. The quantitative estimate of drug-likeness (QED) is 0.710. The van der Waals surface area contributed by atoms with Crippen LogP contribution in [0.2, 0.25) is 5.02 Å². The molecule has 0 aliphatic carbocycles. The summed E-state index contributed by atoms with van der Waals surface area (Å²) in [6, 6.07) is 14.1. The minimum atomic E-state index is -0.620. The number of benzene rings is 2. The molecule has 1 aliphatic rings. The number of hydrogen-bond acceptors (Lipinski definition) is 3. The summed E-state index contributed by atoms with van der Waals surface area (Å²) >= 11 is 5.66. The van der Waals surface area contributed by atoms with Crippen LogP contribution in [-0.4, -0.2) is 28.8 Å². The van der Waals surface area contributed by atoms with Crippen molar-refractivity contribution in [2.24, 2.45) is 0 Å². The Morgan fingerprint density at radius 3 is 2.89 bits per heavy atom. The first-order valence-corrected chi connectivity index (χ1v) is 9.43. The second-order valence-electron chi connectivity index (χ2n) is 6.67. The second kappa shape index (κ2) is 8.12. The summed E-state index contributed by atoms with van der Waals surface area (Å²) in [4.78, 5) is 12.3. The van der Waals surface area contributed by atoms with Gasteiger partial charge in [0.1, 0.15) is 11.9 Å². The van der Waals surface area contributed by atoms with E-state index in [1.807, 2.05) is 29.1 Å². The minimum absolute atomic E-state index is 0.0132. The lowest BCUT2D eigenvalue weighted by Gasteiger charge is -2.22. The summed E-state index contributed by atoms with van der Waals surface area (Å²) in [6.45, 7) is 1.51. The average Bonchev–Trinajstić information content (AvgIpc) is 3.12. The number of nitrogens with one attached hydrogen (secondary N) is 1. The molecule has 144 valence electrons. The number of aromatic nitrogens is 2. The van der Waals surface area contributed by atoms with Gasteiger partial charge < -0.3 is 10.1 Å². The van der Waals surface area contributed by atoms with E-state index in [0.717, 1.165) is 29.3 Å². The average molecular weight is 400 g/mol. The highest BCUT2D eigenvalue weighted by molar-refractivity contribution is 6.30. The molecule has 28 heavy (non-hydrogen) atoms. The van der Waals surface area contributed by atoms with Gasteiger partial charge in [0.15, 0.2) is 0 Å². The van der Waals surface area contributed by atoms with Crippen LogP contribution in [-0.2, 0) is 17.7 Å². The molecule has 1 aliphatic heterocycles. The standard InChI is InChI=1S/C21H19ClFN3O2/c22-17-7-6-15(10-18(17)23)21(27)24-11-19-20-16(8-9-28-19)13-26(25-20)12-14-4-2-1-3-5-14/h1-7,10,13,19H,8-9,11-12H2,(H,24,27). The highest BCUT2D eigenvalue weighted by Gasteiger charge is 2.25. The van der Waals surface area contributed by atoms with Gasteiger partial charge in [-0.2, -0.15) is 5.10 Å². The van der Waals surface area contributed by atoms with Gasteiger partial charge in [-0.1, -0.05) is 41.9 Å².